The molecule has 0 aliphatic carbocycles. The number of hydrogen-bond donors (Lipinski definition) is 1. The average molecular weight is 350 g/mol. The van der Waals surface area contributed by atoms with Crippen LogP contribution < -0.4 is 5.32 Å². The van der Waals surface area contributed by atoms with Crippen LogP contribution in [-0.4, -0.2) is 30.0 Å². The maximum atomic E-state index is 11.7. The van der Waals surface area contributed by atoms with Gasteiger partial charge in [0.05, 0.1) is 22.2 Å². The van der Waals surface area contributed by atoms with Gasteiger partial charge in [-0.05, 0) is 24.8 Å². The molecule has 116 valence electrons. The molecule has 21 heavy (non-hydrogen) atoms. The first-order chi connectivity index (χ1) is 9.97. The van der Waals surface area contributed by atoms with Gasteiger partial charge in [0.1, 0.15) is 0 Å². The second-order valence-electron chi connectivity index (χ2n) is 4.28. The van der Waals surface area contributed by atoms with Crippen LogP contribution in [0.15, 0.2) is 18.2 Å². The van der Waals surface area contributed by atoms with E-state index in [0.717, 1.165) is 6.42 Å². The van der Waals surface area contributed by atoms with Gasteiger partial charge >= 0.3 is 5.97 Å². The normalized spacial score (nSPS) is 11.8. The summed E-state index contributed by atoms with van der Waals surface area (Å²) in [6.45, 7) is 1.66. The molecule has 4 nitrogen and oxygen atoms in total. The Morgan fingerprint density at radius 3 is 2.71 bits per heavy atom. The Morgan fingerprint density at radius 1 is 1.38 bits per heavy atom. The topological polar surface area (TPSA) is 55.4 Å². The molecule has 0 aliphatic heterocycles. The summed E-state index contributed by atoms with van der Waals surface area (Å²) in [6.07, 6.45) is 3.11. The monoisotopic (exact) mass is 349 g/mol. The van der Waals surface area contributed by atoms with Crippen molar-refractivity contribution < 1.29 is 14.3 Å². The molecule has 0 aromatic heterocycles. The molecule has 1 aromatic rings. The van der Waals surface area contributed by atoms with Gasteiger partial charge in [0.25, 0.3) is 5.91 Å². The van der Waals surface area contributed by atoms with Crippen molar-refractivity contribution in [3.05, 3.63) is 28.2 Å². The van der Waals surface area contributed by atoms with E-state index in [4.69, 9.17) is 27.9 Å². The van der Waals surface area contributed by atoms with Crippen molar-refractivity contribution in [2.24, 2.45) is 0 Å². The van der Waals surface area contributed by atoms with Gasteiger partial charge < -0.3 is 10.1 Å². The summed E-state index contributed by atoms with van der Waals surface area (Å²) in [5, 5.41) is 3.36. The molecule has 0 radical (unpaired) electrons. The van der Waals surface area contributed by atoms with Crippen molar-refractivity contribution in [1.82, 2.24) is 0 Å². The van der Waals surface area contributed by atoms with E-state index in [-0.39, 0.29) is 22.8 Å². The maximum Gasteiger partial charge on any atom is 0.307 e. The lowest BCUT2D eigenvalue weighted by atomic mass is 10.2. The van der Waals surface area contributed by atoms with Crippen LogP contribution in [0, 0.1) is 0 Å². The molecule has 0 fully saturated rings. The summed E-state index contributed by atoms with van der Waals surface area (Å²) in [4.78, 5) is 23.3. The fourth-order valence-corrected chi connectivity index (χ4v) is 2.56. The number of carbonyl (C=O) groups excluding carboxylic acids is 2. The summed E-state index contributed by atoms with van der Waals surface area (Å²) in [5.74, 6) is -0.840. The summed E-state index contributed by atoms with van der Waals surface area (Å²) in [7, 11) is 0. The van der Waals surface area contributed by atoms with Crippen LogP contribution in [0.5, 0.6) is 0 Å². The molecule has 0 bridgehead atoms. The van der Waals surface area contributed by atoms with Crippen molar-refractivity contribution in [2.45, 2.75) is 25.0 Å². The first kappa shape index (κ1) is 18.1. The zero-order valence-corrected chi connectivity index (χ0v) is 14.1. The van der Waals surface area contributed by atoms with Gasteiger partial charge in [0.2, 0.25) is 0 Å². The van der Waals surface area contributed by atoms with Crippen LogP contribution in [0.3, 0.4) is 0 Å². The van der Waals surface area contributed by atoms with E-state index in [2.05, 4.69) is 5.32 Å². The van der Waals surface area contributed by atoms with Crippen molar-refractivity contribution in [3.63, 3.8) is 0 Å². The Balaban J connectivity index is 2.44. The number of benzene rings is 1. The van der Waals surface area contributed by atoms with Gasteiger partial charge in [-0.2, -0.15) is 11.8 Å². The lowest BCUT2D eigenvalue weighted by Crippen LogP contribution is -2.22. The van der Waals surface area contributed by atoms with E-state index in [9.17, 15) is 9.59 Å². The van der Waals surface area contributed by atoms with Crippen LogP contribution in [0.1, 0.15) is 19.8 Å². The number of esters is 1. The van der Waals surface area contributed by atoms with Crippen molar-refractivity contribution in [3.8, 4) is 0 Å². The van der Waals surface area contributed by atoms with Gasteiger partial charge in [-0.25, -0.2) is 0 Å². The van der Waals surface area contributed by atoms with E-state index in [1.54, 1.807) is 30.0 Å². The molecule has 0 aliphatic rings. The van der Waals surface area contributed by atoms with Crippen molar-refractivity contribution >= 4 is 52.5 Å². The summed E-state index contributed by atoms with van der Waals surface area (Å²) in [6, 6.07) is 4.90. The number of rotatable bonds is 7. The van der Waals surface area contributed by atoms with E-state index in [1.807, 2.05) is 13.2 Å². The third-order valence-electron chi connectivity index (χ3n) is 2.77. The van der Waals surface area contributed by atoms with Gasteiger partial charge in [-0.1, -0.05) is 36.2 Å². The fraction of sp³-hybridized carbons (Fsp3) is 0.429. The molecular weight excluding hydrogens is 333 g/mol. The van der Waals surface area contributed by atoms with Crippen molar-refractivity contribution in [1.29, 1.82) is 0 Å². The molecule has 1 amide bonds. The highest BCUT2D eigenvalue weighted by Crippen LogP contribution is 2.29. The molecule has 0 spiro atoms. The number of ether oxygens (including phenoxy) is 1. The minimum atomic E-state index is -0.454. The number of carbonyl (C=O) groups is 2. The largest absolute Gasteiger partial charge is 0.456 e. The molecule has 0 saturated heterocycles. The van der Waals surface area contributed by atoms with Gasteiger partial charge in [-0.15, -0.1) is 0 Å². The Morgan fingerprint density at radius 2 is 2.10 bits per heavy atom. The molecule has 1 aromatic carbocycles. The zero-order chi connectivity index (χ0) is 15.8. The minimum Gasteiger partial charge on any atom is -0.456 e. The van der Waals surface area contributed by atoms with Crippen LogP contribution in [0.25, 0.3) is 0 Å². The minimum absolute atomic E-state index is 0.211. The van der Waals surface area contributed by atoms with Crippen LogP contribution in [0.4, 0.5) is 5.69 Å². The molecule has 7 heteroatoms. The first-order valence-corrected chi connectivity index (χ1v) is 8.44. The molecular formula is C14H17Cl2NO3S. The number of halogens is 2. The first-order valence-electron chi connectivity index (χ1n) is 6.40. The average Bonchev–Trinajstić information content (AvgIpc) is 2.47. The van der Waals surface area contributed by atoms with Crippen LogP contribution in [-0.2, 0) is 14.3 Å². The third kappa shape index (κ3) is 6.16. The lowest BCUT2D eigenvalue weighted by Gasteiger charge is -2.11. The Hall–Kier alpha value is -0.910. The summed E-state index contributed by atoms with van der Waals surface area (Å²) in [5.41, 5.74) is 0.390. The number of thioether (sulfide) groups is 1. The van der Waals surface area contributed by atoms with E-state index in [1.165, 1.54) is 0 Å². The highest BCUT2D eigenvalue weighted by atomic mass is 35.5. The Bertz CT molecular complexity index is 507. The number of amides is 1. The Labute approximate surface area is 138 Å². The summed E-state index contributed by atoms with van der Waals surface area (Å²) >= 11 is 13.4. The number of nitrogens with one attached hydrogen (secondary N) is 1. The van der Waals surface area contributed by atoms with E-state index in [0.29, 0.717) is 17.1 Å². The maximum absolute atomic E-state index is 11.7. The molecule has 0 saturated carbocycles. The molecule has 0 heterocycles. The second-order valence-corrected chi connectivity index (χ2v) is 6.20. The number of anilines is 1. The zero-order valence-electron chi connectivity index (χ0n) is 11.8. The standard InChI is InChI=1S/C14H17Cl2NO3S/c1-3-9(21-2)7-13(19)20-8-12(18)17-11-6-4-5-10(15)14(11)16/h4-6,9H,3,7-8H2,1-2H3,(H,17,18). The van der Waals surface area contributed by atoms with Crippen LogP contribution >= 0.6 is 35.0 Å². The Kier molecular flexibility index (Phi) is 7.93. The highest BCUT2D eigenvalue weighted by molar-refractivity contribution is 7.99. The molecule has 1 unspecified atom stereocenters. The van der Waals surface area contributed by atoms with Gasteiger partial charge in [0, 0.05) is 5.25 Å². The van der Waals surface area contributed by atoms with E-state index < -0.39 is 5.91 Å². The quantitative estimate of drug-likeness (QED) is 0.755. The number of hydrogen-bond acceptors (Lipinski definition) is 4. The molecule has 1 atom stereocenters. The van der Waals surface area contributed by atoms with Crippen molar-refractivity contribution in [2.75, 3.05) is 18.2 Å². The SMILES string of the molecule is CCC(CC(=O)OCC(=O)Nc1cccc(Cl)c1Cl)SC. The predicted molar refractivity (Wildman–Crippen MR) is 88.3 cm³/mol. The molecule has 1 N–H and O–H groups in total. The predicted octanol–water partition coefficient (Wildman–Crippen LogP) is 4.01. The van der Waals surface area contributed by atoms with Gasteiger partial charge in [-0.3, -0.25) is 9.59 Å². The van der Waals surface area contributed by atoms with E-state index >= 15 is 0 Å². The third-order valence-corrected chi connectivity index (χ3v) is 4.76. The molecule has 1 rings (SSSR count). The van der Waals surface area contributed by atoms with Crippen LogP contribution in [0.2, 0.25) is 10.0 Å². The smallest absolute Gasteiger partial charge is 0.307 e. The second kappa shape index (κ2) is 9.18. The van der Waals surface area contributed by atoms with Gasteiger partial charge in [0.15, 0.2) is 6.61 Å². The fourth-order valence-electron chi connectivity index (χ4n) is 1.57. The highest BCUT2D eigenvalue weighted by Gasteiger charge is 2.14. The lowest BCUT2D eigenvalue weighted by molar-refractivity contribution is -0.147. The summed E-state index contributed by atoms with van der Waals surface area (Å²) < 4.78 is 4.94.